The van der Waals surface area contributed by atoms with Crippen molar-refractivity contribution >= 4 is 27.6 Å². The first kappa shape index (κ1) is 15.8. The zero-order chi connectivity index (χ0) is 23.6. The lowest BCUT2D eigenvalue weighted by Crippen LogP contribution is -2.31. The fourth-order valence-electron chi connectivity index (χ4n) is 3.99. The summed E-state index contributed by atoms with van der Waals surface area (Å²) < 4.78 is 34.1. The summed E-state index contributed by atoms with van der Waals surface area (Å²) in [5.74, 6) is 0. The Morgan fingerprint density at radius 1 is 1.14 bits per heavy atom. The predicted octanol–water partition coefficient (Wildman–Crippen LogP) is 6.83. The molecule has 0 fully saturated rings. The number of para-hydroxylation sites is 1. The Balaban J connectivity index is 2.14. The summed E-state index contributed by atoms with van der Waals surface area (Å²) in [6.45, 7) is 17.1. The zero-order valence-electron chi connectivity index (χ0n) is 20.8. The molecule has 0 unspecified atom stereocenters. The SMILES string of the molecule is [2H]c1cc(C([2H])([2H])C(C)(C)C)cc(-c2c(C)cc(C)c3c2oc2c([N+]#[C-])cccc23)[n+]1C. The van der Waals surface area contributed by atoms with Crippen molar-refractivity contribution in [2.75, 3.05) is 0 Å². The highest BCUT2D eigenvalue weighted by Crippen LogP contribution is 2.42. The molecule has 0 saturated carbocycles. The minimum absolute atomic E-state index is 0.219. The zero-order valence-corrected chi connectivity index (χ0v) is 17.8. The van der Waals surface area contributed by atoms with E-state index in [1.165, 1.54) is 0 Å². The summed E-state index contributed by atoms with van der Waals surface area (Å²) in [6, 6.07) is 11.1. The molecule has 4 rings (SSSR count). The third-order valence-corrected chi connectivity index (χ3v) is 5.11. The largest absolute Gasteiger partial charge is 0.466 e. The van der Waals surface area contributed by atoms with Crippen LogP contribution in [0.2, 0.25) is 0 Å². The van der Waals surface area contributed by atoms with Gasteiger partial charge in [0.25, 0.3) is 0 Å². The van der Waals surface area contributed by atoms with Crippen molar-refractivity contribution in [2.45, 2.75) is 41.0 Å². The Kier molecular flexibility index (Phi) is 3.66. The van der Waals surface area contributed by atoms with Crippen molar-refractivity contribution in [1.82, 2.24) is 0 Å². The van der Waals surface area contributed by atoms with E-state index in [1.54, 1.807) is 16.7 Å². The van der Waals surface area contributed by atoms with Crippen LogP contribution in [0.1, 0.15) is 41.6 Å². The third-order valence-electron chi connectivity index (χ3n) is 5.11. The average molecular weight is 387 g/mol. The van der Waals surface area contributed by atoms with Crippen LogP contribution in [0.15, 0.2) is 47.0 Å². The van der Waals surface area contributed by atoms with Crippen molar-refractivity contribution in [3.8, 4) is 11.3 Å². The van der Waals surface area contributed by atoms with E-state index >= 15 is 0 Å². The number of nitrogens with zero attached hydrogens (tertiary/aromatic N) is 2. The molecule has 0 aliphatic rings. The van der Waals surface area contributed by atoms with Crippen molar-refractivity contribution in [1.29, 1.82) is 0 Å². The fraction of sp³-hybridized carbons (Fsp3) is 0.308. The van der Waals surface area contributed by atoms with Crippen LogP contribution in [0.5, 0.6) is 0 Å². The molecule has 29 heavy (non-hydrogen) atoms. The molecule has 0 atom stereocenters. The molecule has 0 amide bonds. The molecule has 3 heteroatoms. The quantitative estimate of drug-likeness (QED) is 0.273. The summed E-state index contributed by atoms with van der Waals surface area (Å²) in [5.41, 5.74) is 5.07. The number of fused-ring (bicyclic) bond motifs is 3. The number of furan rings is 1. The van der Waals surface area contributed by atoms with Gasteiger partial charge in [-0.2, -0.15) is 0 Å². The number of aromatic nitrogens is 1. The molecular weight excluding hydrogens is 356 g/mol. The molecule has 2 heterocycles. The predicted molar refractivity (Wildman–Crippen MR) is 119 cm³/mol. The van der Waals surface area contributed by atoms with Crippen LogP contribution in [0.25, 0.3) is 38.0 Å². The van der Waals surface area contributed by atoms with Crippen molar-refractivity contribution in [3.05, 3.63) is 70.7 Å². The van der Waals surface area contributed by atoms with Crippen LogP contribution in [-0.2, 0) is 13.4 Å². The van der Waals surface area contributed by atoms with Gasteiger partial charge in [-0.25, -0.2) is 9.41 Å². The maximum atomic E-state index is 8.75. The minimum Gasteiger partial charge on any atom is -0.466 e. The second kappa shape index (κ2) is 6.74. The van der Waals surface area contributed by atoms with E-state index in [9.17, 15) is 0 Å². The number of rotatable bonds is 2. The van der Waals surface area contributed by atoms with Gasteiger partial charge in [-0.1, -0.05) is 45.0 Å². The van der Waals surface area contributed by atoms with Gasteiger partial charge in [0.15, 0.2) is 6.17 Å². The molecule has 0 saturated heterocycles. The summed E-state index contributed by atoms with van der Waals surface area (Å²) in [6.07, 6.45) is -1.41. The number of hydrogen-bond donors (Lipinski definition) is 0. The Morgan fingerprint density at radius 3 is 2.59 bits per heavy atom. The van der Waals surface area contributed by atoms with E-state index in [0.717, 1.165) is 27.5 Å². The van der Waals surface area contributed by atoms with Gasteiger partial charge < -0.3 is 4.42 Å². The van der Waals surface area contributed by atoms with E-state index in [1.807, 2.05) is 59.9 Å². The molecular formula is C26H27N2O+. The molecule has 146 valence electrons. The monoisotopic (exact) mass is 386 g/mol. The molecule has 0 radical (unpaired) electrons. The van der Waals surface area contributed by atoms with Crippen LogP contribution in [-0.4, -0.2) is 0 Å². The fourth-order valence-corrected chi connectivity index (χ4v) is 3.99. The first-order chi connectivity index (χ1) is 14.9. The van der Waals surface area contributed by atoms with Crippen LogP contribution in [0, 0.1) is 25.8 Å². The smallest absolute Gasteiger partial charge is 0.229 e. The molecule has 2 aromatic carbocycles. The van der Waals surface area contributed by atoms with Crippen LogP contribution < -0.4 is 4.57 Å². The normalized spacial score (nSPS) is 13.9. The van der Waals surface area contributed by atoms with Gasteiger partial charge in [-0.3, -0.25) is 0 Å². The maximum Gasteiger partial charge on any atom is 0.229 e. The van der Waals surface area contributed by atoms with Gasteiger partial charge in [0.1, 0.15) is 19.6 Å². The van der Waals surface area contributed by atoms with E-state index < -0.39 is 11.8 Å². The molecule has 0 N–H and O–H groups in total. The van der Waals surface area contributed by atoms with Crippen molar-refractivity contribution in [3.63, 3.8) is 0 Å². The van der Waals surface area contributed by atoms with Crippen LogP contribution in [0.3, 0.4) is 0 Å². The van der Waals surface area contributed by atoms with Gasteiger partial charge in [0.05, 0.1) is 12.1 Å². The van der Waals surface area contributed by atoms with Gasteiger partial charge in [-0.15, -0.1) is 0 Å². The van der Waals surface area contributed by atoms with E-state index in [-0.39, 0.29) is 6.17 Å². The molecule has 0 aliphatic carbocycles. The molecule has 2 aromatic heterocycles. The first-order valence-electron chi connectivity index (χ1n) is 11.2. The lowest BCUT2D eigenvalue weighted by molar-refractivity contribution is -0.660. The Hall–Kier alpha value is -3.12. The second-order valence-corrected chi connectivity index (χ2v) is 8.65. The van der Waals surface area contributed by atoms with Crippen LogP contribution >= 0.6 is 0 Å². The van der Waals surface area contributed by atoms with Gasteiger partial charge in [0.2, 0.25) is 11.4 Å². The highest BCUT2D eigenvalue weighted by molar-refractivity contribution is 6.14. The molecule has 4 aromatic rings. The number of hydrogen-bond acceptors (Lipinski definition) is 1. The Morgan fingerprint density at radius 2 is 1.90 bits per heavy atom. The number of benzene rings is 2. The Labute approximate surface area is 176 Å². The molecule has 0 aliphatic heterocycles. The summed E-state index contributed by atoms with van der Waals surface area (Å²) in [5, 5.41) is 1.84. The lowest BCUT2D eigenvalue weighted by atomic mass is 9.87. The Bertz CT molecular complexity index is 1440. The average Bonchev–Trinajstić information content (AvgIpc) is 3.09. The third kappa shape index (κ3) is 3.29. The van der Waals surface area contributed by atoms with Crippen molar-refractivity contribution < 1.29 is 13.1 Å². The topological polar surface area (TPSA) is 21.4 Å². The highest BCUT2D eigenvalue weighted by Gasteiger charge is 2.24. The standard InChI is InChI=1S/C26H27N2O/c1-16-13-17(2)23(21-14-18(11-12-28(21)7)15-26(3,4)5)25-22(16)19-9-8-10-20(27-6)24(19)29-25/h8-14H,15H2,1-5,7H3/q+1/i12D,15D2. The highest BCUT2D eigenvalue weighted by atomic mass is 16.3. The second-order valence-electron chi connectivity index (χ2n) is 8.65. The summed E-state index contributed by atoms with van der Waals surface area (Å²) in [4.78, 5) is 3.63. The molecule has 0 spiro atoms. The van der Waals surface area contributed by atoms with E-state index in [2.05, 4.69) is 10.9 Å². The number of pyridine rings is 1. The van der Waals surface area contributed by atoms with Gasteiger partial charge in [-0.05, 0) is 42.3 Å². The van der Waals surface area contributed by atoms with Gasteiger partial charge in [0, 0.05) is 25.6 Å². The lowest BCUT2D eigenvalue weighted by Gasteiger charge is -2.18. The number of aryl methyl sites for hydroxylation is 2. The summed E-state index contributed by atoms with van der Waals surface area (Å²) in [7, 11) is 1.81. The maximum absolute atomic E-state index is 8.75. The first-order valence-corrected chi connectivity index (χ1v) is 9.73. The molecule has 3 nitrogen and oxygen atoms in total. The van der Waals surface area contributed by atoms with Crippen molar-refractivity contribution in [2.24, 2.45) is 12.5 Å². The minimum atomic E-state index is -1.63. The molecule has 0 bridgehead atoms. The van der Waals surface area contributed by atoms with E-state index in [4.69, 9.17) is 15.1 Å². The van der Waals surface area contributed by atoms with E-state index in [0.29, 0.717) is 28.1 Å². The van der Waals surface area contributed by atoms with Crippen LogP contribution in [0.4, 0.5) is 5.69 Å². The van der Waals surface area contributed by atoms with Gasteiger partial charge >= 0.3 is 0 Å². The summed E-state index contributed by atoms with van der Waals surface area (Å²) >= 11 is 0.